The molecule has 0 saturated carbocycles. The molecule has 2 nitrogen and oxygen atoms in total. The van der Waals surface area contributed by atoms with Gasteiger partial charge in [-0.15, -0.1) is 0 Å². The Morgan fingerprint density at radius 1 is 1.50 bits per heavy atom. The molecule has 1 rings (SSSR count). The van der Waals surface area contributed by atoms with E-state index in [1.165, 1.54) is 19.1 Å². The molecule has 1 radical (unpaired) electrons. The fourth-order valence-electron chi connectivity index (χ4n) is 0.829. The maximum atomic E-state index is 12.4. The molecule has 1 unspecified atom stereocenters. The Bertz CT molecular complexity index is 271. The second-order valence-corrected chi connectivity index (χ2v) is 2.26. The standard InChI is InChI=1S/C9H8FO2/c1-7(10)12-9-5-3-2-4-8(9)6-11/h2-5,7H,1H3. The van der Waals surface area contributed by atoms with Crippen LogP contribution in [-0.4, -0.2) is 12.6 Å². The average molecular weight is 167 g/mol. The topological polar surface area (TPSA) is 26.3 Å². The zero-order chi connectivity index (χ0) is 8.97. The van der Waals surface area contributed by atoms with Crippen molar-refractivity contribution in [2.24, 2.45) is 0 Å². The van der Waals surface area contributed by atoms with Crippen LogP contribution in [0.2, 0.25) is 0 Å². The summed E-state index contributed by atoms with van der Waals surface area (Å²) in [6.07, 6.45) is 0.242. The molecule has 12 heavy (non-hydrogen) atoms. The van der Waals surface area contributed by atoms with Crippen molar-refractivity contribution in [1.82, 2.24) is 0 Å². The number of para-hydroxylation sites is 1. The van der Waals surface area contributed by atoms with Gasteiger partial charge in [0, 0.05) is 6.92 Å². The molecule has 0 aromatic heterocycles. The SMILES string of the molecule is CC(F)Oc1ccccc1[C]=O. The number of carbonyl (C=O) groups excluding carboxylic acids is 1. The first-order valence-corrected chi connectivity index (χ1v) is 3.52. The van der Waals surface area contributed by atoms with E-state index in [9.17, 15) is 9.18 Å². The van der Waals surface area contributed by atoms with Gasteiger partial charge in [0.05, 0.1) is 5.56 Å². The Morgan fingerprint density at radius 3 is 2.75 bits per heavy atom. The van der Waals surface area contributed by atoms with E-state index in [4.69, 9.17) is 4.74 Å². The first-order chi connectivity index (χ1) is 5.74. The van der Waals surface area contributed by atoms with Gasteiger partial charge in [-0.25, -0.2) is 4.39 Å². The van der Waals surface area contributed by atoms with Crippen LogP contribution in [0.3, 0.4) is 0 Å². The Labute approximate surface area is 70.0 Å². The predicted octanol–water partition coefficient (Wildman–Crippen LogP) is 1.84. The van der Waals surface area contributed by atoms with Gasteiger partial charge < -0.3 is 4.74 Å². The van der Waals surface area contributed by atoms with Crippen LogP contribution in [0.5, 0.6) is 5.75 Å². The number of halogens is 1. The van der Waals surface area contributed by atoms with E-state index in [1.54, 1.807) is 18.4 Å². The quantitative estimate of drug-likeness (QED) is 0.686. The van der Waals surface area contributed by atoms with Gasteiger partial charge >= 0.3 is 0 Å². The fourth-order valence-corrected chi connectivity index (χ4v) is 0.829. The molecule has 0 aliphatic rings. The summed E-state index contributed by atoms with van der Waals surface area (Å²) >= 11 is 0. The van der Waals surface area contributed by atoms with Crippen LogP contribution in [-0.2, 0) is 4.79 Å². The van der Waals surface area contributed by atoms with Crippen LogP contribution in [0, 0.1) is 0 Å². The van der Waals surface area contributed by atoms with E-state index >= 15 is 0 Å². The molecular weight excluding hydrogens is 159 g/mol. The summed E-state index contributed by atoms with van der Waals surface area (Å²) in [5.74, 6) is 0.225. The lowest BCUT2D eigenvalue weighted by Gasteiger charge is -2.07. The molecule has 0 bridgehead atoms. The average Bonchev–Trinajstić information content (AvgIpc) is 2.04. The van der Waals surface area contributed by atoms with Crippen molar-refractivity contribution in [3.8, 4) is 5.75 Å². The van der Waals surface area contributed by atoms with Crippen LogP contribution in [0.1, 0.15) is 12.5 Å². The number of ether oxygens (including phenoxy) is 1. The van der Waals surface area contributed by atoms with E-state index in [-0.39, 0.29) is 11.3 Å². The normalized spacial score (nSPS) is 12.2. The summed E-state index contributed by atoms with van der Waals surface area (Å²) in [5, 5.41) is 0. The van der Waals surface area contributed by atoms with Crippen LogP contribution >= 0.6 is 0 Å². The molecule has 0 amide bonds. The van der Waals surface area contributed by atoms with Gasteiger partial charge in [-0.2, -0.15) is 0 Å². The fraction of sp³-hybridized carbons (Fsp3) is 0.222. The molecule has 0 spiro atoms. The third kappa shape index (κ3) is 2.05. The largest absolute Gasteiger partial charge is 0.460 e. The van der Waals surface area contributed by atoms with Crippen molar-refractivity contribution in [2.75, 3.05) is 0 Å². The van der Waals surface area contributed by atoms with E-state index in [1.807, 2.05) is 0 Å². The van der Waals surface area contributed by atoms with Crippen molar-refractivity contribution < 1.29 is 13.9 Å². The molecule has 0 aliphatic carbocycles. The van der Waals surface area contributed by atoms with Gasteiger partial charge in [0.2, 0.25) is 12.6 Å². The zero-order valence-corrected chi connectivity index (χ0v) is 6.58. The Kier molecular flexibility index (Phi) is 2.80. The summed E-state index contributed by atoms with van der Waals surface area (Å²) in [7, 11) is 0. The van der Waals surface area contributed by atoms with Crippen molar-refractivity contribution >= 4 is 6.29 Å². The number of alkyl halides is 1. The first kappa shape index (κ1) is 8.71. The molecule has 0 saturated heterocycles. The highest BCUT2D eigenvalue weighted by Crippen LogP contribution is 2.17. The predicted molar refractivity (Wildman–Crippen MR) is 42.4 cm³/mol. The number of benzene rings is 1. The van der Waals surface area contributed by atoms with E-state index < -0.39 is 6.36 Å². The van der Waals surface area contributed by atoms with Gasteiger partial charge in [0.1, 0.15) is 5.75 Å². The summed E-state index contributed by atoms with van der Waals surface area (Å²) < 4.78 is 17.1. The first-order valence-electron chi connectivity index (χ1n) is 3.52. The lowest BCUT2D eigenvalue weighted by atomic mass is 10.2. The second kappa shape index (κ2) is 3.85. The van der Waals surface area contributed by atoms with Gasteiger partial charge in [-0.1, -0.05) is 12.1 Å². The maximum absolute atomic E-state index is 12.4. The third-order valence-electron chi connectivity index (χ3n) is 1.29. The molecule has 0 fully saturated rings. The molecule has 1 atom stereocenters. The Hall–Kier alpha value is -1.38. The molecule has 1 aromatic rings. The monoisotopic (exact) mass is 167 g/mol. The van der Waals surface area contributed by atoms with Crippen molar-refractivity contribution in [1.29, 1.82) is 0 Å². The minimum atomic E-state index is -1.42. The van der Waals surface area contributed by atoms with Crippen molar-refractivity contribution in [3.63, 3.8) is 0 Å². The van der Waals surface area contributed by atoms with Gasteiger partial charge in [0.25, 0.3) is 0 Å². The van der Waals surface area contributed by atoms with Crippen molar-refractivity contribution in [2.45, 2.75) is 13.3 Å². The van der Waals surface area contributed by atoms with Gasteiger partial charge in [0.15, 0.2) is 0 Å². The van der Waals surface area contributed by atoms with Gasteiger partial charge in [-0.3, -0.25) is 4.79 Å². The minimum absolute atomic E-state index is 0.225. The lowest BCUT2D eigenvalue weighted by molar-refractivity contribution is 0.0858. The summed E-state index contributed by atoms with van der Waals surface area (Å²) in [5.41, 5.74) is 0.238. The molecule has 3 heteroatoms. The number of rotatable bonds is 3. The second-order valence-electron chi connectivity index (χ2n) is 2.26. The maximum Gasteiger partial charge on any atom is 0.237 e. The van der Waals surface area contributed by atoms with Crippen molar-refractivity contribution in [3.05, 3.63) is 29.8 Å². The molecular formula is C9H8FO2. The Balaban J connectivity index is 2.89. The number of hydrogen-bond acceptors (Lipinski definition) is 2. The minimum Gasteiger partial charge on any atom is -0.460 e. The smallest absolute Gasteiger partial charge is 0.237 e. The Morgan fingerprint density at radius 2 is 2.17 bits per heavy atom. The van der Waals surface area contributed by atoms with E-state index in [0.29, 0.717) is 0 Å². The molecule has 63 valence electrons. The molecule has 0 heterocycles. The van der Waals surface area contributed by atoms with Crippen LogP contribution in [0.4, 0.5) is 4.39 Å². The molecule has 0 N–H and O–H groups in total. The number of hydrogen-bond donors (Lipinski definition) is 0. The zero-order valence-electron chi connectivity index (χ0n) is 6.58. The summed E-state index contributed by atoms with van der Waals surface area (Å²) in [6.45, 7) is 1.25. The highest BCUT2D eigenvalue weighted by Gasteiger charge is 2.05. The molecule has 1 aromatic carbocycles. The van der Waals surface area contributed by atoms with E-state index in [0.717, 1.165) is 0 Å². The molecule has 0 aliphatic heterocycles. The third-order valence-corrected chi connectivity index (χ3v) is 1.29. The highest BCUT2D eigenvalue weighted by atomic mass is 19.1. The van der Waals surface area contributed by atoms with Crippen LogP contribution < -0.4 is 4.74 Å². The van der Waals surface area contributed by atoms with Gasteiger partial charge in [-0.05, 0) is 12.1 Å². The summed E-state index contributed by atoms with van der Waals surface area (Å²) in [4.78, 5) is 10.3. The van der Waals surface area contributed by atoms with Crippen LogP contribution in [0.25, 0.3) is 0 Å². The van der Waals surface area contributed by atoms with E-state index in [2.05, 4.69) is 0 Å². The highest BCUT2D eigenvalue weighted by molar-refractivity contribution is 5.79. The van der Waals surface area contributed by atoms with Crippen LogP contribution in [0.15, 0.2) is 24.3 Å². The summed E-state index contributed by atoms with van der Waals surface area (Å²) in [6, 6.07) is 6.37. The lowest BCUT2D eigenvalue weighted by Crippen LogP contribution is -2.05.